The molecule has 1 heterocycles. The van der Waals surface area contributed by atoms with Crippen LogP contribution in [0.15, 0.2) is 47.4 Å². The van der Waals surface area contributed by atoms with Crippen molar-refractivity contribution in [1.29, 1.82) is 0 Å². The minimum atomic E-state index is -0.203. The smallest absolute Gasteiger partial charge is 0.255 e. The van der Waals surface area contributed by atoms with Crippen LogP contribution in [-0.4, -0.2) is 28.9 Å². The van der Waals surface area contributed by atoms with Crippen LogP contribution < -0.4 is 11.3 Å². The van der Waals surface area contributed by atoms with Gasteiger partial charge >= 0.3 is 0 Å². The molecule has 1 amide bonds. The van der Waals surface area contributed by atoms with E-state index in [1.807, 2.05) is 30.3 Å². The van der Waals surface area contributed by atoms with Crippen molar-refractivity contribution in [3.05, 3.63) is 69.6 Å². The zero-order chi connectivity index (χ0) is 15.9. The summed E-state index contributed by atoms with van der Waals surface area (Å²) >= 11 is 0. The van der Waals surface area contributed by atoms with Gasteiger partial charge in [-0.15, -0.1) is 0 Å². The Morgan fingerprint density at radius 1 is 1.27 bits per heavy atom. The number of nitrogens with one attached hydrogen (secondary N) is 1. The molecule has 0 spiro atoms. The maximum absolute atomic E-state index is 12.8. The molecule has 116 valence electrons. The first-order chi connectivity index (χ1) is 10.6. The molecule has 0 saturated heterocycles. The van der Waals surface area contributed by atoms with E-state index in [0.29, 0.717) is 30.8 Å². The number of aromatic nitrogens is 1. The number of aryl methyl sites for hydroxylation is 1. The van der Waals surface area contributed by atoms with Crippen LogP contribution in [0.4, 0.5) is 0 Å². The lowest BCUT2D eigenvalue weighted by Gasteiger charge is -2.23. The Hall–Kier alpha value is -2.40. The standard InChI is InChI=1S/C17H21N3O2/c1-13-10-16(21)19-11-15(13)17(22)20(9-5-8-18)12-14-6-3-2-4-7-14/h2-4,6-7,10-11H,5,8-9,12,18H2,1H3,(H,19,21). The number of H-pyrrole nitrogens is 1. The van der Waals surface area contributed by atoms with Gasteiger partial charge in [-0.2, -0.15) is 0 Å². The van der Waals surface area contributed by atoms with Gasteiger partial charge in [0.15, 0.2) is 0 Å². The zero-order valence-corrected chi connectivity index (χ0v) is 12.7. The fraction of sp³-hybridized carbons (Fsp3) is 0.294. The molecule has 0 atom stereocenters. The number of nitrogens with two attached hydrogens (primary N) is 1. The molecular formula is C17H21N3O2. The number of benzene rings is 1. The average molecular weight is 299 g/mol. The molecule has 1 aromatic carbocycles. The third-order valence-electron chi connectivity index (χ3n) is 3.50. The molecular weight excluding hydrogens is 278 g/mol. The monoisotopic (exact) mass is 299 g/mol. The van der Waals surface area contributed by atoms with Crippen LogP contribution in [0.1, 0.15) is 27.9 Å². The predicted octanol–water partition coefficient (Wildman–Crippen LogP) is 1.67. The highest BCUT2D eigenvalue weighted by Crippen LogP contribution is 2.12. The summed E-state index contributed by atoms with van der Waals surface area (Å²) in [6, 6.07) is 11.3. The van der Waals surface area contributed by atoms with Crippen molar-refractivity contribution in [2.75, 3.05) is 13.1 Å². The molecule has 2 rings (SSSR count). The van der Waals surface area contributed by atoms with Crippen LogP contribution in [-0.2, 0) is 6.54 Å². The second kappa shape index (κ2) is 7.56. The first-order valence-electron chi connectivity index (χ1n) is 7.34. The molecule has 1 aromatic heterocycles. The molecule has 22 heavy (non-hydrogen) atoms. The number of carbonyl (C=O) groups excluding carboxylic acids is 1. The SMILES string of the molecule is Cc1cc(=O)[nH]cc1C(=O)N(CCCN)Cc1ccccc1. The molecule has 2 aromatic rings. The van der Waals surface area contributed by atoms with E-state index in [9.17, 15) is 9.59 Å². The van der Waals surface area contributed by atoms with E-state index in [4.69, 9.17) is 5.73 Å². The highest BCUT2D eigenvalue weighted by Gasteiger charge is 2.18. The predicted molar refractivity (Wildman–Crippen MR) is 86.7 cm³/mol. The molecule has 0 bridgehead atoms. The molecule has 0 fully saturated rings. The minimum absolute atomic E-state index is 0.0916. The lowest BCUT2D eigenvalue weighted by atomic mass is 10.1. The molecule has 0 radical (unpaired) electrons. The summed E-state index contributed by atoms with van der Waals surface area (Å²) in [4.78, 5) is 28.4. The van der Waals surface area contributed by atoms with Gasteiger partial charge in [0.2, 0.25) is 5.56 Å². The topological polar surface area (TPSA) is 79.2 Å². The summed E-state index contributed by atoms with van der Waals surface area (Å²) < 4.78 is 0. The van der Waals surface area contributed by atoms with Gasteiger partial charge in [0, 0.05) is 25.4 Å². The van der Waals surface area contributed by atoms with Crippen molar-refractivity contribution < 1.29 is 4.79 Å². The summed E-state index contributed by atoms with van der Waals surface area (Å²) in [5.74, 6) is -0.0916. The molecule has 5 nitrogen and oxygen atoms in total. The summed E-state index contributed by atoms with van der Waals surface area (Å²) in [6.45, 7) is 3.41. The van der Waals surface area contributed by atoms with Gasteiger partial charge < -0.3 is 15.6 Å². The molecule has 0 unspecified atom stereocenters. The van der Waals surface area contributed by atoms with Crippen molar-refractivity contribution in [3.8, 4) is 0 Å². The summed E-state index contributed by atoms with van der Waals surface area (Å²) in [6.07, 6.45) is 2.22. The second-order valence-corrected chi connectivity index (χ2v) is 5.25. The summed E-state index contributed by atoms with van der Waals surface area (Å²) in [5, 5.41) is 0. The van der Waals surface area contributed by atoms with Crippen LogP contribution in [0.5, 0.6) is 0 Å². The summed E-state index contributed by atoms with van der Waals surface area (Å²) in [7, 11) is 0. The normalized spacial score (nSPS) is 10.5. The maximum Gasteiger partial charge on any atom is 0.255 e. The molecule has 0 saturated carbocycles. The lowest BCUT2D eigenvalue weighted by molar-refractivity contribution is 0.0741. The fourth-order valence-electron chi connectivity index (χ4n) is 2.31. The fourth-order valence-corrected chi connectivity index (χ4v) is 2.31. The zero-order valence-electron chi connectivity index (χ0n) is 12.7. The van der Waals surface area contributed by atoms with E-state index < -0.39 is 0 Å². The Kier molecular flexibility index (Phi) is 5.49. The Balaban J connectivity index is 2.23. The van der Waals surface area contributed by atoms with Gasteiger partial charge in [0.1, 0.15) is 0 Å². The van der Waals surface area contributed by atoms with E-state index >= 15 is 0 Å². The van der Waals surface area contributed by atoms with E-state index in [2.05, 4.69) is 4.98 Å². The molecule has 0 aliphatic carbocycles. The van der Waals surface area contributed by atoms with Crippen molar-refractivity contribution in [3.63, 3.8) is 0 Å². The number of aromatic amines is 1. The maximum atomic E-state index is 12.8. The second-order valence-electron chi connectivity index (χ2n) is 5.25. The Labute approximate surface area is 129 Å². The van der Waals surface area contributed by atoms with Crippen molar-refractivity contribution >= 4 is 5.91 Å². The van der Waals surface area contributed by atoms with Gasteiger partial charge in [-0.3, -0.25) is 9.59 Å². The van der Waals surface area contributed by atoms with Crippen LogP contribution >= 0.6 is 0 Å². The Morgan fingerprint density at radius 2 is 2.00 bits per heavy atom. The number of carbonyl (C=O) groups is 1. The number of amides is 1. The largest absolute Gasteiger partial charge is 0.334 e. The van der Waals surface area contributed by atoms with E-state index in [-0.39, 0.29) is 11.5 Å². The lowest BCUT2D eigenvalue weighted by Crippen LogP contribution is -2.33. The highest BCUT2D eigenvalue weighted by molar-refractivity contribution is 5.95. The van der Waals surface area contributed by atoms with Crippen LogP contribution in [0.25, 0.3) is 0 Å². The summed E-state index contributed by atoms with van der Waals surface area (Å²) in [5.41, 5.74) is 7.64. The van der Waals surface area contributed by atoms with E-state index in [1.54, 1.807) is 11.8 Å². The average Bonchev–Trinajstić information content (AvgIpc) is 2.52. The third kappa shape index (κ3) is 4.05. The van der Waals surface area contributed by atoms with Crippen molar-refractivity contribution in [2.24, 2.45) is 5.73 Å². The molecule has 0 aliphatic rings. The van der Waals surface area contributed by atoms with Gasteiger partial charge in [-0.05, 0) is 31.0 Å². The van der Waals surface area contributed by atoms with Crippen LogP contribution in [0.2, 0.25) is 0 Å². The first-order valence-corrected chi connectivity index (χ1v) is 7.34. The van der Waals surface area contributed by atoms with Crippen LogP contribution in [0.3, 0.4) is 0 Å². The van der Waals surface area contributed by atoms with Crippen molar-refractivity contribution in [2.45, 2.75) is 19.9 Å². The quantitative estimate of drug-likeness (QED) is 0.851. The Bertz CT molecular complexity index is 680. The van der Waals surface area contributed by atoms with Gasteiger partial charge in [-0.1, -0.05) is 30.3 Å². The molecule has 3 N–H and O–H groups in total. The molecule has 5 heteroatoms. The first kappa shape index (κ1) is 16.0. The van der Waals surface area contributed by atoms with Gasteiger partial charge in [-0.25, -0.2) is 0 Å². The number of nitrogens with zero attached hydrogens (tertiary/aromatic N) is 1. The number of hydrogen-bond donors (Lipinski definition) is 2. The number of hydrogen-bond acceptors (Lipinski definition) is 3. The molecule has 0 aliphatic heterocycles. The van der Waals surface area contributed by atoms with Gasteiger partial charge in [0.05, 0.1) is 5.56 Å². The minimum Gasteiger partial charge on any atom is -0.334 e. The van der Waals surface area contributed by atoms with E-state index in [1.165, 1.54) is 12.3 Å². The van der Waals surface area contributed by atoms with Gasteiger partial charge in [0.25, 0.3) is 5.91 Å². The van der Waals surface area contributed by atoms with E-state index in [0.717, 1.165) is 12.0 Å². The van der Waals surface area contributed by atoms with Crippen molar-refractivity contribution in [1.82, 2.24) is 9.88 Å². The third-order valence-corrected chi connectivity index (χ3v) is 3.50. The number of pyridine rings is 1. The Morgan fingerprint density at radius 3 is 2.64 bits per heavy atom. The number of rotatable bonds is 6. The highest BCUT2D eigenvalue weighted by atomic mass is 16.2. The van der Waals surface area contributed by atoms with Crippen LogP contribution in [0, 0.1) is 6.92 Å².